The number of para-hydroxylation sites is 1. The molecule has 1 aliphatic rings. The summed E-state index contributed by atoms with van der Waals surface area (Å²) < 4.78 is 1.72. The van der Waals surface area contributed by atoms with Gasteiger partial charge in [0.25, 0.3) is 5.56 Å². The third-order valence-electron chi connectivity index (χ3n) is 4.17. The Labute approximate surface area is 140 Å². The summed E-state index contributed by atoms with van der Waals surface area (Å²) in [6.45, 7) is 2.46. The van der Waals surface area contributed by atoms with Crippen molar-refractivity contribution in [1.82, 2.24) is 9.55 Å². The summed E-state index contributed by atoms with van der Waals surface area (Å²) in [7, 11) is 0. The average Bonchev–Trinajstić information content (AvgIpc) is 2.58. The van der Waals surface area contributed by atoms with E-state index in [0.717, 1.165) is 34.0 Å². The average molecular weight is 315 g/mol. The number of hydrogen-bond donors (Lipinski definition) is 0. The number of rotatable bonds is 1. The molecule has 118 valence electrons. The van der Waals surface area contributed by atoms with Crippen molar-refractivity contribution in [3.8, 4) is 5.69 Å². The molecule has 4 heteroatoms. The van der Waals surface area contributed by atoms with Crippen molar-refractivity contribution in [2.75, 3.05) is 6.54 Å². The van der Waals surface area contributed by atoms with Gasteiger partial charge in [0.15, 0.2) is 0 Å². The number of nitrogens with zero attached hydrogens (tertiary/aromatic N) is 3. The zero-order chi connectivity index (χ0) is 16.5. The SMILES string of the molecule is Cc1cc(=O)n2c(n1)CCN=C(c1ccccc1)c1ccccc1-2. The molecular formula is C20H17N3O. The summed E-state index contributed by atoms with van der Waals surface area (Å²) in [6.07, 6.45) is 0.640. The van der Waals surface area contributed by atoms with Crippen molar-refractivity contribution in [2.45, 2.75) is 13.3 Å². The first-order chi connectivity index (χ1) is 11.7. The Morgan fingerprint density at radius 2 is 1.75 bits per heavy atom. The Morgan fingerprint density at radius 1 is 1.00 bits per heavy atom. The maximum atomic E-state index is 12.6. The van der Waals surface area contributed by atoms with Gasteiger partial charge < -0.3 is 0 Å². The van der Waals surface area contributed by atoms with Gasteiger partial charge in [-0.3, -0.25) is 14.4 Å². The number of fused-ring (bicyclic) bond motifs is 3. The van der Waals surface area contributed by atoms with Crippen LogP contribution in [0.3, 0.4) is 0 Å². The molecule has 1 aliphatic heterocycles. The van der Waals surface area contributed by atoms with Crippen LogP contribution in [0.5, 0.6) is 0 Å². The van der Waals surface area contributed by atoms with Crippen LogP contribution in [0.2, 0.25) is 0 Å². The molecule has 4 rings (SSSR count). The number of hydrogen-bond acceptors (Lipinski definition) is 3. The molecule has 2 aromatic carbocycles. The molecule has 0 N–H and O–H groups in total. The molecule has 0 unspecified atom stereocenters. The highest BCUT2D eigenvalue weighted by molar-refractivity contribution is 6.15. The van der Waals surface area contributed by atoms with E-state index in [0.29, 0.717) is 13.0 Å². The molecule has 0 saturated carbocycles. The van der Waals surface area contributed by atoms with Crippen molar-refractivity contribution >= 4 is 5.71 Å². The molecular weight excluding hydrogens is 298 g/mol. The van der Waals surface area contributed by atoms with Crippen molar-refractivity contribution in [2.24, 2.45) is 4.99 Å². The summed E-state index contributed by atoms with van der Waals surface area (Å²) in [4.78, 5) is 22.0. The molecule has 3 aromatic rings. The summed E-state index contributed by atoms with van der Waals surface area (Å²) >= 11 is 0. The van der Waals surface area contributed by atoms with Crippen molar-refractivity contribution in [3.63, 3.8) is 0 Å². The molecule has 4 nitrogen and oxygen atoms in total. The largest absolute Gasteiger partial charge is 0.284 e. The van der Waals surface area contributed by atoms with Gasteiger partial charge in [-0.2, -0.15) is 0 Å². The van der Waals surface area contributed by atoms with Crippen molar-refractivity contribution < 1.29 is 0 Å². The molecule has 0 saturated heterocycles. The van der Waals surface area contributed by atoms with Crippen LogP contribution in [-0.4, -0.2) is 21.8 Å². The number of benzene rings is 2. The summed E-state index contributed by atoms with van der Waals surface area (Å²) in [5.74, 6) is 0.767. The predicted molar refractivity (Wildman–Crippen MR) is 95.2 cm³/mol. The van der Waals surface area contributed by atoms with Crippen LogP contribution in [0.4, 0.5) is 0 Å². The van der Waals surface area contributed by atoms with E-state index < -0.39 is 0 Å². The highest BCUT2D eigenvalue weighted by atomic mass is 16.1. The minimum atomic E-state index is -0.0424. The Balaban J connectivity index is 2.01. The van der Waals surface area contributed by atoms with Gasteiger partial charge in [0.05, 0.1) is 11.4 Å². The zero-order valence-electron chi connectivity index (χ0n) is 13.4. The topological polar surface area (TPSA) is 47.2 Å². The molecule has 0 radical (unpaired) electrons. The maximum absolute atomic E-state index is 12.6. The van der Waals surface area contributed by atoms with Crippen LogP contribution < -0.4 is 5.56 Å². The fourth-order valence-electron chi connectivity index (χ4n) is 3.15. The Hall–Kier alpha value is -3.01. The molecule has 0 atom stereocenters. The Kier molecular flexibility index (Phi) is 3.58. The van der Waals surface area contributed by atoms with Crippen molar-refractivity contribution in [3.05, 3.63) is 93.7 Å². The first-order valence-electron chi connectivity index (χ1n) is 8.03. The van der Waals surface area contributed by atoms with E-state index in [9.17, 15) is 4.79 Å². The van der Waals surface area contributed by atoms with Crippen LogP contribution in [0, 0.1) is 6.92 Å². The molecule has 0 fully saturated rings. The predicted octanol–water partition coefficient (Wildman–Crippen LogP) is 2.93. The molecule has 0 spiro atoms. The fraction of sp³-hybridized carbons (Fsp3) is 0.150. The van der Waals surface area contributed by atoms with Crippen molar-refractivity contribution in [1.29, 1.82) is 0 Å². The lowest BCUT2D eigenvalue weighted by Crippen LogP contribution is -2.27. The van der Waals surface area contributed by atoms with E-state index in [1.54, 1.807) is 10.6 Å². The number of aliphatic imine (C=N–C) groups is 1. The van der Waals surface area contributed by atoms with Crippen LogP contribution in [0.1, 0.15) is 22.6 Å². The summed E-state index contributed by atoms with van der Waals surface area (Å²) in [5.41, 5.74) is 4.48. The lowest BCUT2D eigenvalue weighted by Gasteiger charge is -2.20. The fourth-order valence-corrected chi connectivity index (χ4v) is 3.15. The highest BCUT2D eigenvalue weighted by Gasteiger charge is 2.18. The molecule has 0 bridgehead atoms. The first kappa shape index (κ1) is 14.6. The smallest absolute Gasteiger partial charge is 0.258 e. The van der Waals surface area contributed by atoms with Crippen LogP contribution in [0.15, 0.2) is 70.5 Å². The molecule has 2 heterocycles. The van der Waals surface area contributed by atoms with E-state index in [-0.39, 0.29) is 5.56 Å². The Morgan fingerprint density at radius 3 is 2.58 bits per heavy atom. The summed E-state index contributed by atoms with van der Waals surface area (Å²) in [5, 5.41) is 0. The second kappa shape index (κ2) is 5.89. The second-order valence-corrected chi connectivity index (χ2v) is 5.85. The van der Waals surface area contributed by atoms with Gasteiger partial charge in [0, 0.05) is 35.9 Å². The van der Waals surface area contributed by atoms with Crippen LogP contribution in [-0.2, 0) is 6.42 Å². The lowest BCUT2D eigenvalue weighted by atomic mass is 9.99. The van der Waals surface area contributed by atoms with E-state index in [1.165, 1.54) is 0 Å². The lowest BCUT2D eigenvalue weighted by molar-refractivity contribution is 0.765. The van der Waals surface area contributed by atoms with Crippen LogP contribution >= 0.6 is 0 Å². The highest BCUT2D eigenvalue weighted by Crippen LogP contribution is 2.21. The number of aryl methyl sites for hydroxylation is 1. The zero-order valence-corrected chi connectivity index (χ0v) is 13.4. The van der Waals surface area contributed by atoms with Gasteiger partial charge in [-0.1, -0.05) is 48.5 Å². The van der Waals surface area contributed by atoms with Gasteiger partial charge in [-0.15, -0.1) is 0 Å². The monoisotopic (exact) mass is 315 g/mol. The van der Waals surface area contributed by atoms with Gasteiger partial charge in [-0.05, 0) is 13.0 Å². The normalized spacial score (nSPS) is 13.3. The quantitative estimate of drug-likeness (QED) is 0.693. The van der Waals surface area contributed by atoms with Gasteiger partial charge in [-0.25, -0.2) is 4.98 Å². The number of aromatic nitrogens is 2. The standard InChI is InChI=1S/C20H17N3O/c1-14-13-19(24)23-17-10-6-5-9-16(17)20(15-7-3-2-4-8-15)21-12-11-18(23)22-14/h2-10,13H,11-12H2,1H3. The molecule has 0 aliphatic carbocycles. The maximum Gasteiger partial charge on any atom is 0.258 e. The Bertz CT molecular complexity index is 987. The minimum absolute atomic E-state index is 0.0424. The molecule has 1 aromatic heterocycles. The molecule has 24 heavy (non-hydrogen) atoms. The first-order valence-corrected chi connectivity index (χ1v) is 8.03. The van der Waals surface area contributed by atoms with Gasteiger partial charge in [0.1, 0.15) is 5.82 Å². The van der Waals surface area contributed by atoms with E-state index in [2.05, 4.69) is 4.98 Å². The van der Waals surface area contributed by atoms with E-state index >= 15 is 0 Å². The molecule has 0 amide bonds. The summed E-state index contributed by atoms with van der Waals surface area (Å²) in [6, 6.07) is 19.6. The van der Waals surface area contributed by atoms with Gasteiger partial charge >= 0.3 is 0 Å². The van der Waals surface area contributed by atoms with Crippen LogP contribution in [0.25, 0.3) is 5.69 Å². The van der Waals surface area contributed by atoms with Gasteiger partial charge in [0.2, 0.25) is 0 Å². The van der Waals surface area contributed by atoms with E-state index in [1.807, 2.05) is 61.5 Å². The van der Waals surface area contributed by atoms with E-state index in [4.69, 9.17) is 4.99 Å². The minimum Gasteiger partial charge on any atom is -0.284 e. The third kappa shape index (κ3) is 2.46. The third-order valence-corrected chi connectivity index (χ3v) is 4.17. The second-order valence-electron chi connectivity index (χ2n) is 5.85.